The molecule has 2 rings (SSSR count). The highest BCUT2D eigenvalue weighted by atomic mass is 16.5. The first-order valence-corrected chi connectivity index (χ1v) is 8.23. The van der Waals surface area contributed by atoms with Gasteiger partial charge >= 0.3 is 5.97 Å². The van der Waals surface area contributed by atoms with Gasteiger partial charge in [-0.2, -0.15) is 0 Å². The summed E-state index contributed by atoms with van der Waals surface area (Å²) in [5, 5.41) is 15.4. The molecule has 1 atom stereocenters. The summed E-state index contributed by atoms with van der Waals surface area (Å²) in [7, 11) is 0. The van der Waals surface area contributed by atoms with E-state index < -0.39 is 17.6 Å². The number of carbonyl (C=O) groups is 2. The van der Waals surface area contributed by atoms with Crippen molar-refractivity contribution in [2.24, 2.45) is 5.73 Å². The molecule has 0 radical (unpaired) electrons. The van der Waals surface area contributed by atoms with Crippen LogP contribution in [0.3, 0.4) is 0 Å². The molecule has 1 aromatic carbocycles. The monoisotopic (exact) mass is 347 g/mol. The number of benzene rings is 1. The maximum Gasteiger partial charge on any atom is 0.335 e. The molecule has 136 valence electrons. The molecule has 7 heteroatoms. The van der Waals surface area contributed by atoms with E-state index in [1.54, 1.807) is 19.9 Å². The zero-order chi connectivity index (χ0) is 18.8. The van der Waals surface area contributed by atoms with Gasteiger partial charge in [0.05, 0.1) is 28.4 Å². The minimum atomic E-state index is -1.06. The molecule has 0 saturated heterocycles. The van der Waals surface area contributed by atoms with Crippen molar-refractivity contribution in [2.45, 2.75) is 45.7 Å². The summed E-state index contributed by atoms with van der Waals surface area (Å²) in [6.45, 7) is 7.47. The van der Waals surface area contributed by atoms with E-state index in [0.29, 0.717) is 17.7 Å². The van der Waals surface area contributed by atoms with Crippen LogP contribution in [0.4, 0.5) is 5.69 Å². The topological polar surface area (TPSA) is 114 Å². The zero-order valence-corrected chi connectivity index (χ0v) is 15.0. The number of fused-ring (bicyclic) bond motifs is 1. The summed E-state index contributed by atoms with van der Waals surface area (Å²) in [5.41, 5.74) is 7.13. The minimum Gasteiger partial charge on any atom is -0.490 e. The lowest BCUT2D eigenvalue weighted by molar-refractivity contribution is -0.132. The average molecular weight is 347 g/mol. The van der Waals surface area contributed by atoms with Crippen LogP contribution < -0.4 is 21.1 Å². The molecule has 1 aliphatic rings. The Morgan fingerprint density at radius 1 is 1.40 bits per heavy atom. The van der Waals surface area contributed by atoms with Crippen molar-refractivity contribution in [3.05, 3.63) is 29.3 Å². The smallest absolute Gasteiger partial charge is 0.335 e. The first kappa shape index (κ1) is 18.6. The molecule has 1 aromatic rings. The number of carboxylic acid groups (broad SMARTS) is 1. The van der Waals surface area contributed by atoms with E-state index in [-0.39, 0.29) is 23.8 Å². The minimum absolute atomic E-state index is 0.0632. The number of carbonyl (C=O) groups excluding carboxylic acids is 1. The van der Waals surface area contributed by atoms with Crippen LogP contribution >= 0.6 is 0 Å². The number of hydrogen-bond donors (Lipinski definition) is 4. The fourth-order valence-electron chi connectivity index (χ4n) is 2.78. The van der Waals surface area contributed by atoms with Crippen molar-refractivity contribution in [3.8, 4) is 5.75 Å². The molecule has 0 bridgehead atoms. The van der Waals surface area contributed by atoms with Crippen molar-refractivity contribution < 1.29 is 19.4 Å². The normalized spacial score (nSPS) is 16.7. The Morgan fingerprint density at radius 2 is 2.08 bits per heavy atom. The Balaban J connectivity index is 2.31. The molecule has 1 heterocycles. The van der Waals surface area contributed by atoms with Gasteiger partial charge in [-0.05, 0) is 32.9 Å². The highest BCUT2D eigenvalue weighted by molar-refractivity contribution is 6.01. The Labute approximate surface area is 147 Å². The van der Waals surface area contributed by atoms with Crippen LogP contribution in [0.15, 0.2) is 23.8 Å². The number of carboxylic acids is 1. The number of aliphatic carboxylic acids is 1. The van der Waals surface area contributed by atoms with Crippen LogP contribution in [0, 0.1) is 0 Å². The van der Waals surface area contributed by atoms with Crippen molar-refractivity contribution in [1.82, 2.24) is 5.32 Å². The van der Waals surface area contributed by atoms with E-state index in [1.807, 2.05) is 26.0 Å². The predicted molar refractivity (Wildman–Crippen MR) is 96.3 cm³/mol. The van der Waals surface area contributed by atoms with Gasteiger partial charge in [0.25, 0.3) is 0 Å². The van der Waals surface area contributed by atoms with Gasteiger partial charge in [0, 0.05) is 12.1 Å². The largest absolute Gasteiger partial charge is 0.490 e. The molecule has 1 amide bonds. The summed E-state index contributed by atoms with van der Waals surface area (Å²) >= 11 is 0. The number of nitrogens with two attached hydrogens (primary N) is 1. The van der Waals surface area contributed by atoms with Crippen LogP contribution in [-0.2, 0) is 9.59 Å². The first-order valence-electron chi connectivity index (χ1n) is 8.23. The standard InChI is InChI=1S/C18H25N3O4/c1-5-13(22)21-18(3,4)9-25-12-8-6-7-11-15(12)16(19)14(17(23)24)10(2)20-11/h6-8,10,20H,5,9,19H2,1-4H3,(H,21,22)(H,23,24). The molecular formula is C18H25N3O4. The highest BCUT2D eigenvalue weighted by Crippen LogP contribution is 2.37. The quantitative estimate of drug-likeness (QED) is 0.625. The molecule has 0 aromatic heterocycles. The Hall–Kier alpha value is -2.70. The molecule has 0 saturated carbocycles. The predicted octanol–water partition coefficient (Wildman–Crippen LogP) is 1.94. The van der Waals surface area contributed by atoms with Gasteiger partial charge in [0.1, 0.15) is 12.4 Å². The molecule has 25 heavy (non-hydrogen) atoms. The summed E-state index contributed by atoms with van der Waals surface area (Å²) < 4.78 is 5.89. The van der Waals surface area contributed by atoms with Crippen LogP contribution in [0.2, 0.25) is 0 Å². The Morgan fingerprint density at radius 3 is 2.68 bits per heavy atom. The third kappa shape index (κ3) is 4.04. The molecule has 0 fully saturated rings. The molecular weight excluding hydrogens is 322 g/mol. The van der Waals surface area contributed by atoms with Crippen LogP contribution in [0.5, 0.6) is 5.75 Å². The third-order valence-corrected chi connectivity index (χ3v) is 4.01. The van der Waals surface area contributed by atoms with Crippen molar-refractivity contribution >= 4 is 23.3 Å². The lowest BCUT2D eigenvalue weighted by Gasteiger charge is -2.30. The van der Waals surface area contributed by atoms with E-state index in [1.165, 1.54) is 0 Å². The van der Waals surface area contributed by atoms with E-state index in [9.17, 15) is 14.7 Å². The van der Waals surface area contributed by atoms with E-state index in [2.05, 4.69) is 10.6 Å². The summed E-state index contributed by atoms with van der Waals surface area (Å²) in [4.78, 5) is 23.1. The van der Waals surface area contributed by atoms with Gasteiger partial charge in [0.15, 0.2) is 0 Å². The van der Waals surface area contributed by atoms with Crippen LogP contribution in [0.25, 0.3) is 5.70 Å². The molecule has 0 spiro atoms. The second-order valence-electron chi connectivity index (χ2n) is 6.75. The fourth-order valence-corrected chi connectivity index (χ4v) is 2.78. The first-order chi connectivity index (χ1) is 11.7. The van der Waals surface area contributed by atoms with Crippen LogP contribution in [-0.4, -0.2) is 35.2 Å². The molecule has 1 unspecified atom stereocenters. The molecule has 7 nitrogen and oxygen atoms in total. The van der Waals surface area contributed by atoms with Gasteiger partial charge in [-0.1, -0.05) is 13.0 Å². The van der Waals surface area contributed by atoms with Gasteiger partial charge in [0.2, 0.25) is 5.91 Å². The maximum atomic E-state index is 11.6. The zero-order valence-electron chi connectivity index (χ0n) is 15.0. The summed E-state index contributed by atoms with van der Waals surface area (Å²) in [5.74, 6) is -0.646. The number of rotatable bonds is 6. The Kier molecular flexibility index (Phi) is 5.25. The molecule has 0 aliphatic carbocycles. The maximum absolute atomic E-state index is 11.6. The summed E-state index contributed by atoms with van der Waals surface area (Å²) in [6, 6.07) is 4.97. The van der Waals surface area contributed by atoms with Gasteiger partial charge in [-0.3, -0.25) is 4.79 Å². The fraction of sp³-hybridized carbons (Fsp3) is 0.444. The number of ether oxygens (including phenoxy) is 1. The highest BCUT2D eigenvalue weighted by Gasteiger charge is 2.30. The van der Waals surface area contributed by atoms with E-state index in [4.69, 9.17) is 10.5 Å². The SMILES string of the molecule is CCC(=O)NC(C)(C)COc1cccc2c1C(N)=C(C(=O)O)C(C)N2. The van der Waals surface area contributed by atoms with Gasteiger partial charge < -0.3 is 26.2 Å². The lowest BCUT2D eigenvalue weighted by atomic mass is 9.94. The van der Waals surface area contributed by atoms with E-state index in [0.717, 1.165) is 5.69 Å². The second kappa shape index (κ2) is 7.04. The van der Waals surface area contributed by atoms with E-state index >= 15 is 0 Å². The number of anilines is 1. The second-order valence-corrected chi connectivity index (χ2v) is 6.75. The van der Waals surface area contributed by atoms with Gasteiger partial charge in [-0.25, -0.2) is 4.79 Å². The van der Waals surface area contributed by atoms with Crippen molar-refractivity contribution in [2.75, 3.05) is 11.9 Å². The lowest BCUT2D eigenvalue weighted by Crippen LogP contribution is -2.47. The average Bonchev–Trinajstić information content (AvgIpc) is 2.51. The third-order valence-electron chi connectivity index (χ3n) is 4.01. The number of hydrogen-bond acceptors (Lipinski definition) is 5. The molecule has 1 aliphatic heterocycles. The Bertz CT molecular complexity index is 725. The summed E-state index contributed by atoms with van der Waals surface area (Å²) in [6.07, 6.45) is 0.392. The van der Waals surface area contributed by atoms with Crippen molar-refractivity contribution in [1.29, 1.82) is 0 Å². The molecule has 5 N–H and O–H groups in total. The number of amides is 1. The van der Waals surface area contributed by atoms with Crippen LogP contribution in [0.1, 0.15) is 39.7 Å². The number of nitrogens with one attached hydrogen (secondary N) is 2. The van der Waals surface area contributed by atoms with Crippen molar-refractivity contribution in [3.63, 3.8) is 0 Å². The van der Waals surface area contributed by atoms with Gasteiger partial charge in [-0.15, -0.1) is 0 Å².